The predicted molar refractivity (Wildman–Crippen MR) is 93.6 cm³/mol. The molecule has 1 amide bonds. The highest BCUT2D eigenvalue weighted by Crippen LogP contribution is 2.27. The van der Waals surface area contributed by atoms with Crippen LogP contribution in [0.15, 0.2) is 18.2 Å². The number of halogens is 1. The molecule has 1 atom stereocenters. The number of fused-ring (bicyclic) bond motifs is 1. The van der Waals surface area contributed by atoms with Crippen LogP contribution in [-0.4, -0.2) is 33.8 Å². The Morgan fingerprint density at radius 1 is 1.56 bits per heavy atom. The summed E-state index contributed by atoms with van der Waals surface area (Å²) in [4.78, 5) is 12.4. The van der Waals surface area contributed by atoms with Gasteiger partial charge in [-0.05, 0) is 56.2 Å². The Labute approximate surface area is 150 Å². The summed E-state index contributed by atoms with van der Waals surface area (Å²) < 4.78 is 21.4. The number of H-pyrrole nitrogens is 1. The van der Waals surface area contributed by atoms with Crippen molar-refractivity contribution in [3.05, 3.63) is 40.2 Å². The van der Waals surface area contributed by atoms with Crippen LogP contribution in [0.4, 0.5) is 4.39 Å². The van der Waals surface area contributed by atoms with Gasteiger partial charge in [-0.2, -0.15) is 5.10 Å². The van der Waals surface area contributed by atoms with Gasteiger partial charge < -0.3 is 14.6 Å². The van der Waals surface area contributed by atoms with Gasteiger partial charge in [0.25, 0.3) is 0 Å². The molecule has 0 saturated heterocycles. The summed E-state index contributed by atoms with van der Waals surface area (Å²) in [6, 6.07) is 4.60. The minimum Gasteiger partial charge on any atom is -0.492 e. The lowest BCUT2D eigenvalue weighted by Crippen LogP contribution is -2.38. The molecule has 2 N–H and O–H groups in total. The van der Waals surface area contributed by atoms with Crippen molar-refractivity contribution < 1.29 is 13.9 Å². The van der Waals surface area contributed by atoms with E-state index in [4.69, 9.17) is 17.0 Å². The lowest BCUT2D eigenvalue weighted by atomic mass is 9.96. The van der Waals surface area contributed by atoms with E-state index in [1.165, 1.54) is 12.1 Å². The Hall–Kier alpha value is -2.22. The summed E-state index contributed by atoms with van der Waals surface area (Å²) >= 11 is 5.21. The molecule has 0 unspecified atom stereocenters. The highest BCUT2D eigenvalue weighted by molar-refractivity contribution is 7.71. The largest absolute Gasteiger partial charge is 0.492 e. The zero-order valence-corrected chi connectivity index (χ0v) is 15.0. The van der Waals surface area contributed by atoms with Crippen molar-refractivity contribution in [2.75, 3.05) is 13.2 Å². The maximum absolute atomic E-state index is 13.3. The van der Waals surface area contributed by atoms with E-state index < -0.39 is 0 Å². The first-order chi connectivity index (χ1) is 12.0. The Balaban J connectivity index is 1.56. The SMILES string of the molecule is CC(C)n1c(CCNC(=O)[C@@H]2COc3ccc(F)cc3C2)n[nH]c1=S. The quantitative estimate of drug-likeness (QED) is 0.800. The summed E-state index contributed by atoms with van der Waals surface area (Å²) in [6.07, 6.45) is 1.06. The van der Waals surface area contributed by atoms with Crippen LogP contribution in [0.1, 0.15) is 31.3 Å². The normalized spacial score (nSPS) is 16.4. The molecule has 2 aromatic rings. The number of rotatable bonds is 5. The molecule has 0 bridgehead atoms. The number of nitrogens with one attached hydrogen (secondary N) is 2. The molecule has 0 radical (unpaired) electrons. The molecule has 0 spiro atoms. The zero-order valence-electron chi connectivity index (χ0n) is 14.2. The highest BCUT2D eigenvalue weighted by atomic mass is 32.1. The minimum absolute atomic E-state index is 0.0971. The number of hydrogen-bond acceptors (Lipinski definition) is 4. The number of aromatic nitrogens is 3. The van der Waals surface area contributed by atoms with Gasteiger partial charge >= 0.3 is 0 Å². The first-order valence-electron chi connectivity index (χ1n) is 8.30. The third kappa shape index (κ3) is 3.89. The standard InChI is InChI=1S/C17H21FN4O2S/c1-10(2)22-15(20-21-17(22)25)5-6-19-16(23)12-7-11-8-13(18)3-4-14(11)24-9-12/h3-4,8,10,12H,5-7,9H2,1-2H3,(H,19,23)(H,21,25)/t12-/m0/s1. The van der Waals surface area contributed by atoms with Crippen molar-refractivity contribution in [3.63, 3.8) is 0 Å². The van der Waals surface area contributed by atoms with Gasteiger partial charge in [0, 0.05) is 19.0 Å². The second-order valence-corrected chi connectivity index (χ2v) is 6.80. The van der Waals surface area contributed by atoms with Gasteiger partial charge in [-0.1, -0.05) is 0 Å². The smallest absolute Gasteiger partial charge is 0.226 e. The number of benzene rings is 1. The van der Waals surface area contributed by atoms with Crippen LogP contribution in [0.5, 0.6) is 5.75 Å². The van der Waals surface area contributed by atoms with E-state index in [-0.39, 0.29) is 23.7 Å². The van der Waals surface area contributed by atoms with Crippen molar-refractivity contribution in [2.24, 2.45) is 5.92 Å². The van der Waals surface area contributed by atoms with Crippen molar-refractivity contribution in [1.29, 1.82) is 0 Å². The fraction of sp³-hybridized carbons (Fsp3) is 0.471. The second kappa shape index (κ2) is 7.35. The fourth-order valence-electron chi connectivity index (χ4n) is 3.02. The molecule has 1 aliphatic rings. The first kappa shape index (κ1) is 17.6. The van der Waals surface area contributed by atoms with E-state index in [0.717, 1.165) is 11.4 Å². The average Bonchev–Trinajstić information content (AvgIpc) is 2.94. The number of carbonyl (C=O) groups is 1. The Morgan fingerprint density at radius 2 is 2.36 bits per heavy atom. The predicted octanol–water partition coefficient (Wildman–Crippen LogP) is 2.57. The number of nitrogens with zero attached hydrogens (tertiary/aromatic N) is 2. The summed E-state index contributed by atoms with van der Waals surface area (Å²) in [7, 11) is 0. The van der Waals surface area contributed by atoms with E-state index in [0.29, 0.717) is 36.5 Å². The van der Waals surface area contributed by atoms with Crippen LogP contribution in [-0.2, 0) is 17.6 Å². The van der Waals surface area contributed by atoms with Gasteiger partial charge in [-0.15, -0.1) is 0 Å². The molecule has 0 aliphatic carbocycles. The highest BCUT2D eigenvalue weighted by Gasteiger charge is 2.26. The van der Waals surface area contributed by atoms with Gasteiger partial charge in [-0.25, -0.2) is 4.39 Å². The zero-order chi connectivity index (χ0) is 18.0. The molecule has 1 aromatic heterocycles. The van der Waals surface area contributed by atoms with E-state index >= 15 is 0 Å². The van der Waals surface area contributed by atoms with Crippen LogP contribution in [0.3, 0.4) is 0 Å². The van der Waals surface area contributed by atoms with E-state index in [1.54, 1.807) is 6.07 Å². The van der Waals surface area contributed by atoms with Crippen molar-refractivity contribution in [1.82, 2.24) is 20.1 Å². The van der Waals surface area contributed by atoms with E-state index in [1.807, 2.05) is 18.4 Å². The lowest BCUT2D eigenvalue weighted by molar-refractivity contribution is -0.126. The molecule has 6 nitrogen and oxygen atoms in total. The van der Waals surface area contributed by atoms with Crippen LogP contribution in [0, 0.1) is 16.5 Å². The minimum atomic E-state index is -0.320. The fourth-order valence-corrected chi connectivity index (χ4v) is 3.38. The molecule has 1 aliphatic heterocycles. The maximum atomic E-state index is 13.3. The molecule has 2 heterocycles. The molecule has 8 heteroatoms. The van der Waals surface area contributed by atoms with Crippen molar-refractivity contribution in [2.45, 2.75) is 32.7 Å². The summed E-state index contributed by atoms with van der Waals surface area (Å²) in [6.45, 7) is 4.82. The van der Waals surface area contributed by atoms with Crippen LogP contribution < -0.4 is 10.1 Å². The topological polar surface area (TPSA) is 71.9 Å². The van der Waals surface area contributed by atoms with Crippen molar-refractivity contribution in [3.8, 4) is 5.75 Å². The van der Waals surface area contributed by atoms with Gasteiger partial charge in [0.15, 0.2) is 4.77 Å². The number of hydrogen-bond donors (Lipinski definition) is 2. The number of ether oxygens (including phenoxy) is 1. The summed E-state index contributed by atoms with van der Waals surface area (Å²) in [5.74, 6) is 0.728. The maximum Gasteiger partial charge on any atom is 0.226 e. The first-order valence-corrected chi connectivity index (χ1v) is 8.71. The monoisotopic (exact) mass is 364 g/mol. The van der Waals surface area contributed by atoms with Crippen LogP contribution >= 0.6 is 12.2 Å². The van der Waals surface area contributed by atoms with Crippen molar-refractivity contribution >= 4 is 18.1 Å². The Morgan fingerprint density at radius 3 is 3.12 bits per heavy atom. The molecule has 0 fully saturated rings. The van der Waals surface area contributed by atoms with E-state index in [9.17, 15) is 9.18 Å². The Bertz CT molecular complexity index is 830. The third-order valence-electron chi connectivity index (χ3n) is 4.24. The molecule has 0 saturated carbocycles. The van der Waals surface area contributed by atoms with Gasteiger partial charge in [0.05, 0.1) is 5.92 Å². The van der Waals surface area contributed by atoms with E-state index in [2.05, 4.69) is 15.5 Å². The second-order valence-electron chi connectivity index (χ2n) is 6.41. The molecule has 1 aromatic carbocycles. The molecular weight excluding hydrogens is 343 g/mol. The molecule has 134 valence electrons. The average molecular weight is 364 g/mol. The number of amides is 1. The number of aromatic amines is 1. The third-order valence-corrected chi connectivity index (χ3v) is 4.53. The van der Waals surface area contributed by atoms with Crippen LogP contribution in [0.2, 0.25) is 0 Å². The number of carbonyl (C=O) groups excluding carboxylic acids is 1. The van der Waals surface area contributed by atoms with Gasteiger partial charge in [0.2, 0.25) is 5.91 Å². The molecule has 3 rings (SSSR count). The summed E-state index contributed by atoms with van der Waals surface area (Å²) in [5.41, 5.74) is 0.729. The molecule has 25 heavy (non-hydrogen) atoms. The Kier molecular flexibility index (Phi) is 5.17. The molecular formula is C17H21FN4O2S. The van der Waals surface area contributed by atoms with Crippen LogP contribution in [0.25, 0.3) is 0 Å². The van der Waals surface area contributed by atoms with Gasteiger partial charge in [0.1, 0.15) is 24.0 Å². The lowest BCUT2D eigenvalue weighted by Gasteiger charge is -2.24. The summed E-state index contributed by atoms with van der Waals surface area (Å²) in [5, 5.41) is 9.91. The van der Waals surface area contributed by atoms with Gasteiger partial charge in [-0.3, -0.25) is 9.89 Å².